The van der Waals surface area contributed by atoms with Crippen molar-refractivity contribution in [3.63, 3.8) is 0 Å². The van der Waals surface area contributed by atoms with Gasteiger partial charge in [0.2, 0.25) is 5.91 Å². The molecule has 0 unspecified atom stereocenters. The summed E-state index contributed by atoms with van der Waals surface area (Å²) in [7, 11) is 0. The molecule has 4 rings (SSSR count). The molecule has 26 heavy (non-hydrogen) atoms. The molecular weight excluding hydrogens is 346 g/mol. The van der Waals surface area contributed by atoms with Crippen LogP contribution in [0, 0.1) is 19.3 Å². The zero-order chi connectivity index (χ0) is 18.3. The number of nitrogens with one attached hydrogen (secondary N) is 1. The minimum atomic E-state index is -0.223. The standard InChI is InChI=1S/C20H27N3O2S/c1-13(18-14(2)22-25-15(18)3)19(24)23(11-16-4-9-26-12-16)17-10-20(17)5-7-21-8-6-20/h4,9,12-13,17,21H,5-8,10-11H2,1-3H3/t13-,17-/m0/s1. The maximum atomic E-state index is 13.5. The molecule has 1 saturated carbocycles. The van der Waals surface area contributed by atoms with Gasteiger partial charge in [-0.15, -0.1) is 0 Å². The van der Waals surface area contributed by atoms with Crippen molar-refractivity contribution in [2.75, 3.05) is 13.1 Å². The van der Waals surface area contributed by atoms with Crippen LogP contribution in [0.15, 0.2) is 21.3 Å². The maximum absolute atomic E-state index is 13.5. The highest BCUT2D eigenvalue weighted by molar-refractivity contribution is 7.07. The van der Waals surface area contributed by atoms with Crippen LogP contribution < -0.4 is 5.32 Å². The predicted octanol–water partition coefficient (Wildman–Crippen LogP) is 3.63. The molecule has 0 bridgehead atoms. The predicted molar refractivity (Wildman–Crippen MR) is 102 cm³/mol. The summed E-state index contributed by atoms with van der Waals surface area (Å²) in [6.07, 6.45) is 3.48. The molecule has 1 N–H and O–H groups in total. The quantitative estimate of drug-likeness (QED) is 0.869. The van der Waals surface area contributed by atoms with Crippen LogP contribution in [-0.2, 0) is 11.3 Å². The fourth-order valence-electron chi connectivity index (χ4n) is 4.63. The molecule has 1 aliphatic heterocycles. The van der Waals surface area contributed by atoms with E-state index >= 15 is 0 Å². The number of rotatable bonds is 5. The highest BCUT2D eigenvalue weighted by Crippen LogP contribution is 2.56. The summed E-state index contributed by atoms with van der Waals surface area (Å²) in [6.45, 7) is 8.65. The van der Waals surface area contributed by atoms with Gasteiger partial charge < -0.3 is 14.7 Å². The number of thiophene rings is 1. The third kappa shape index (κ3) is 3.09. The Morgan fingerprint density at radius 2 is 2.23 bits per heavy atom. The molecule has 3 heterocycles. The lowest BCUT2D eigenvalue weighted by Gasteiger charge is -2.31. The van der Waals surface area contributed by atoms with Crippen LogP contribution in [0.5, 0.6) is 0 Å². The fraction of sp³-hybridized carbons (Fsp3) is 0.600. The zero-order valence-corrected chi connectivity index (χ0v) is 16.6. The normalized spacial score (nSPS) is 22.3. The summed E-state index contributed by atoms with van der Waals surface area (Å²) < 4.78 is 5.31. The molecule has 1 amide bonds. The van der Waals surface area contributed by atoms with Gasteiger partial charge in [-0.3, -0.25) is 4.79 Å². The van der Waals surface area contributed by atoms with Crippen molar-refractivity contribution in [3.8, 4) is 0 Å². The van der Waals surface area contributed by atoms with Crippen molar-refractivity contribution < 1.29 is 9.32 Å². The van der Waals surface area contributed by atoms with Crippen LogP contribution in [0.2, 0.25) is 0 Å². The van der Waals surface area contributed by atoms with E-state index in [-0.39, 0.29) is 11.8 Å². The number of nitrogens with zero attached hydrogens (tertiary/aromatic N) is 2. The van der Waals surface area contributed by atoms with Crippen molar-refractivity contribution in [3.05, 3.63) is 39.4 Å². The van der Waals surface area contributed by atoms with Crippen molar-refractivity contribution in [1.82, 2.24) is 15.4 Å². The SMILES string of the molecule is Cc1noc(C)c1[C@H](C)C(=O)N(Cc1ccsc1)[C@H]1CC12CCNCC2. The molecule has 1 aliphatic carbocycles. The van der Waals surface area contributed by atoms with Gasteiger partial charge in [0.05, 0.1) is 11.6 Å². The Kier molecular flexibility index (Phi) is 4.65. The van der Waals surface area contributed by atoms with E-state index in [1.807, 2.05) is 20.8 Å². The second-order valence-electron chi connectivity index (χ2n) is 7.89. The van der Waals surface area contributed by atoms with Gasteiger partial charge in [-0.05, 0) is 80.9 Å². The van der Waals surface area contributed by atoms with E-state index in [9.17, 15) is 4.79 Å². The van der Waals surface area contributed by atoms with E-state index in [4.69, 9.17) is 4.52 Å². The summed E-state index contributed by atoms with van der Waals surface area (Å²) in [5, 5.41) is 11.7. The van der Waals surface area contributed by atoms with Crippen LogP contribution >= 0.6 is 11.3 Å². The lowest BCUT2D eigenvalue weighted by molar-refractivity contribution is -0.134. The average Bonchev–Trinajstić information content (AvgIpc) is 2.99. The van der Waals surface area contributed by atoms with Crippen LogP contribution in [0.1, 0.15) is 54.7 Å². The van der Waals surface area contributed by atoms with Crippen LogP contribution in [0.4, 0.5) is 0 Å². The third-order valence-electron chi connectivity index (χ3n) is 6.23. The average molecular weight is 374 g/mol. The number of aromatic nitrogens is 1. The number of carbonyl (C=O) groups is 1. The van der Waals surface area contributed by atoms with Crippen LogP contribution in [-0.4, -0.2) is 35.1 Å². The molecule has 5 nitrogen and oxygen atoms in total. The molecule has 6 heteroatoms. The molecule has 0 aromatic carbocycles. The van der Waals surface area contributed by atoms with Crippen molar-refractivity contribution in [2.24, 2.45) is 5.41 Å². The van der Waals surface area contributed by atoms with E-state index in [0.29, 0.717) is 18.0 Å². The van der Waals surface area contributed by atoms with Gasteiger partial charge in [-0.25, -0.2) is 0 Å². The molecular formula is C20H27N3O2S. The minimum Gasteiger partial charge on any atom is -0.361 e. The number of hydrogen-bond donors (Lipinski definition) is 1. The monoisotopic (exact) mass is 373 g/mol. The summed E-state index contributed by atoms with van der Waals surface area (Å²) >= 11 is 1.69. The van der Waals surface area contributed by atoms with E-state index in [1.165, 1.54) is 18.4 Å². The molecule has 2 atom stereocenters. The van der Waals surface area contributed by atoms with Gasteiger partial charge in [0, 0.05) is 18.2 Å². The van der Waals surface area contributed by atoms with Gasteiger partial charge in [-0.2, -0.15) is 11.3 Å². The molecule has 2 aromatic heterocycles. The van der Waals surface area contributed by atoms with Gasteiger partial charge in [0.1, 0.15) is 5.76 Å². The Morgan fingerprint density at radius 3 is 2.85 bits per heavy atom. The number of carbonyl (C=O) groups excluding carboxylic acids is 1. The van der Waals surface area contributed by atoms with E-state index in [1.54, 1.807) is 11.3 Å². The second kappa shape index (κ2) is 6.82. The summed E-state index contributed by atoms with van der Waals surface area (Å²) in [6, 6.07) is 2.49. The topological polar surface area (TPSA) is 58.4 Å². The smallest absolute Gasteiger partial charge is 0.230 e. The highest BCUT2D eigenvalue weighted by Gasteiger charge is 2.58. The first-order valence-electron chi connectivity index (χ1n) is 9.47. The Hall–Kier alpha value is -1.66. The number of hydrogen-bond acceptors (Lipinski definition) is 5. The molecule has 140 valence electrons. The highest BCUT2D eigenvalue weighted by atomic mass is 32.1. The van der Waals surface area contributed by atoms with E-state index in [2.05, 4.69) is 32.2 Å². The van der Waals surface area contributed by atoms with Crippen LogP contribution in [0.3, 0.4) is 0 Å². The Labute approximate surface area is 158 Å². The first-order valence-corrected chi connectivity index (χ1v) is 10.4. The number of amides is 1. The van der Waals surface area contributed by atoms with Crippen molar-refractivity contribution >= 4 is 17.2 Å². The Morgan fingerprint density at radius 1 is 1.46 bits per heavy atom. The summed E-state index contributed by atoms with van der Waals surface area (Å²) in [5.74, 6) is 0.733. The van der Waals surface area contributed by atoms with Crippen molar-refractivity contribution in [1.29, 1.82) is 0 Å². The molecule has 2 aliphatic rings. The van der Waals surface area contributed by atoms with E-state index in [0.717, 1.165) is 36.5 Å². The second-order valence-corrected chi connectivity index (χ2v) is 8.67. The maximum Gasteiger partial charge on any atom is 0.230 e. The first kappa shape index (κ1) is 17.7. The third-order valence-corrected chi connectivity index (χ3v) is 6.96. The van der Waals surface area contributed by atoms with Crippen LogP contribution in [0.25, 0.3) is 0 Å². The fourth-order valence-corrected chi connectivity index (χ4v) is 5.29. The lowest BCUT2D eigenvalue weighted by Crippen LogP contribution is -2.40. The molecule has 2 fully saturated rings. The van der Waals surface area contributed by atoms with Gasteiger partial charge in [0.15, 0.2) is 0 Å². The molecule has 0 radical (unpaired) electrons. The zero-order valence-electron chi connectivity index (χ0n) is 15.7. The minimum absolute atomic E-state index is 0.200. The molecule has 1 saturated heterocycles. The van der Waals surface area contributed by atoms with Crippen molar-refractivity contribution in [2.45, 2.75) is 58.5 Å². The summed E-state index contributed by atoms with van der Waals surface area (Å²) in [5.41, 5.74) is 3.33. The Bertz CT molecular complexity index is 758. The Balaban J connectivity index is 1.59. The summed E-state index contributed by atoms with van der Waals surface area (Å²) in [4.78, 5) is 15.7. The van der Waals surface area contributed by atoms with Gasteiger partial charge in [-0.1, -0.05) is 5.16 Å². The largest absolute Gasteiger partial charge is 0.361 e. The van der Waals surface area contributed by atoms with E-state index < -0.39 is 0 Å². The number of piperidine rings is 1. The first-order chi connectivity index (χ1) is 12.5. The molecule has 2 aromatic rings. The van der Waals surface area contributed by atoms with Gasteiger partial charge >= 0.3 is 0 Å². The van der Waals surface area contributed by atoms with Gasteiger partial charge in [0.25, 0.3) is 0 Å². The number of aryl methyl sites for hydroxylation is 2. The lowest BCUT2D eigenvalue weighted by atomic mass is 9.92. The molecule has 1 spiro atoms.